The van der Waals surface area contributed by atoms with Crippen LogP contribution in [0.5, 0.6) is 5.75 Å². The lowest BCUT2D eigenvalue weighted by atomic mass is 9.89. The number of fused-ring (bicyclic) bond motifs is 1. The zero-order valence-corrected chi connectivity index (χ0v) is 27.7. The summed E-state index contributed by atoms with van der Waals surface area (Å²) in [7, 11) is 1.62. The number of benzene rings is 1. The number of rotatable bonds is 13. The first kappa shape index (κ1) is 34.2. The summed E-state index contributed by atoms with van der Waals surface area (Å²) in [5.41, 5.74) is -1.82. The highest BCUT2D eigenvalue weighted by atomic mass is 35.5. The summed E-state index contributed by atoms with van der Waals surface area (Å²) >= 11 is 15.1. The van der Waals surface area contributed by atoms with Crippen molar-refractivity contribution >= 4 is 105 Å². The number of halogens is 2. The lowest BCUT2D eigenvalue weighted by Crippen LogP contribution is -2.74. The van der Waals surface area contributed by atoms with Gasteiger partial charge in [0.25, 0.3) is 11.8 Å². The molecule has 5 N–H and O–H groups in total. The Morgan fingerprint density at radius 3 is 2.81 bits per heavy atom. The number of tetrazole rings is 1. The van der Waals surface area contributed by atoms with Crippen LogP contribution in [-0.2, 0) is 35.9 Å². The number of thioether (sulfide) groups is 2. The number of oxime groups is 1. The molecule has 4 amide bonds. The number of nitrogens with zero attached hydrogens (tertiary/aromatic N) is 7. The highest BCUT2D eigenvalue weighted by molar-refractivity contribution is 8.00. The van der Waals surface area contributed by atoms with Gasteiger partial charge >= 0.3 is 5.97 Å². The molecular weight excluding hydrogens is 723 g/mol. The van der Waals surface area contributed by atoms with Crippen LogP contribution in [0, 0.1) is 5.41 Å². The van der Waals surface area contributed by atoms with E-state index >= 15 is 0 Å². The molecule has 47 heavy (non-hydrogen) atoms. The number of carbonyl (C=O) groups is 5. The number of aromatic nitrogens is 5. The van der Waals surface area contributed by atoms with Gasteiger partial charge in [-0.1, -0.05) is 40.1 Å². The Bertz CT molecular complexity index is 1770. The number of carbonyl (C=O) groups excluding carboxylic acids is 4. The normalized spacial score (nSPS) is 20.5. The van der Waals surface area contributed by atoms with E-state index in [0.29, 0.717) is 11.6 Å². The van der Waals surface area contributed by atoms with Gasteiger partial charge in [0.15, 0.2) is 23.2 Å². The van der Waals surface area contributed by atoms with Crippen LogP contribution in [0.1, 0.15) is 5.69 Å². The van der Waals surface area contributed by atoms with Crippen molar-refractivity contribution in [2.75, 3.05) is 35.3 Å². The Labute approximate surface area is 286 Å². The first-order valence-electron chi connectivity index (χ1n) is 13.1. The van der Waals surface area contributed by atoms with E-state index in [1.807, 2.05) is 0 Å². The van der Waals surface area contributed by atoms with Crippen LogP contribution in [0.2, 0.25) is 10.0 Å². The number of hydrogen-bond acceptors (Lipinski definition) is 15. The number of phenols is 1. The molecule has 0 spiro atoms. The minimum atomic E-state index is -1.29. The average Bonchev–Trinajstić information content (AvgIpc) is 3.67. The van der Waals surface area contributed by atoms with Crippen LogP contribution in [0.4, 0.5) is 10.8 Å². The van der Waals surface area contributed by atoms with Crippen LogP contribution in [0.15, 0.2) is 27.8 Å². The standard InChI is InChI=1S/C24H22Cl2N10O8S3/c1-35-23(31-33-34-35)47-8-24(21(42)43)6-36-19(41)16(20(36)46-7-24)30-18(40)15(13-5-45-22(29-13)27-9-37)32-44-4-14(38)28-12-3-10(25)2-11(26)17(12)39/h2-3,5,9,16,20,39H,4,6-8H2,1H3,(H,28,38)(H,30,40)(H,42,43)(H,27,29,37)/t16?,20-,24?/m1/s1. The van der Waals surface area contributed by atoms with Crippen molar-refractivity contribution in [3.63, 3.8) is 0 Å². The van der Waals surface area contributed by atoms with Gasteiger partial charge in [0.1, 0.15) is 22.5 Å². The minimum Gasteiger partial charge on any atom is -0.504 e. The number of carboxylic acid groups (broad SMARTS) is 1. The lowest BCUT2D eigenvalue weighted by Gasteiger charge is -2.53. The fraction of sp³-hybridized carbons (Fsp3) is 0.333. The van der Waals surface area contributed by atoms with Crippen molar-refractivity contribution in [2.24, 2.45) is 17.6 Å². The number of carboxylic acids is 1. The monoisotopic (exact) mass is 744 g/mol. The van der Waals surface area contributed by atoms with E-state index < -0.39 is 58.6 Å². The highest BCUT2D eigenvalue weighted by Gasteiger charge is 2.57. The predicted octanol–water partition coefficient (Wildman–Crippen LogP) is 0.870. The molecule has 2 fully saturated rings. The third-order valence-electron chi connectivity index (χ3n) is 6.74. The Morgan fingerprint density at radius 2 is 2.11 bits per heavy atom. The molecule has 23 heteroatoms. The number of aliphatic carboxylic acids is 1. The molecule has 5 rings (SSSR count). The first-order chi connectivity index (χ1) is 22.4. The maximum absolute atomic E-state index is 13.4. The maximum Gasteiger partial charge on any atom is 0.313 e. The van der Waals surface area contributed by atoms with E-state index in [1.165, 1.54) is 38.9 Å². The van der Waals surface area contributed by atoms with Crippen molar-refractivity contribution in [2.45, 2.75) is 16.6 Å². The Hall–Kier alpha value is -4.18. The van der Waals surface area contributed by atoms with Crippen LogP contribution < -0.4 is 16.0 Å². The molecule has 2 unspecified atom stereocenters. The average molecular weight is 746 g/mol. The van der Waals surface area contributed by atoms with Gasteiger partial charge in [-0.3, -0.25) is 24.0 Å². The zero-order valence-electron chi connectivity index (χ0n) is 23.7. The van der Waals surface area contributed by atoms with Gasteiger partial charge in [0.05, 0.1) is 10.7 Å². The highest BCUT2D eigenvalue weighted by Crippen LogP contribution is 2.44. The van der Waals surface area contributed by atoms with Crippen molar-refractivity contribution < 1.29 is 39.0 Å². The summed E-state index contributed by atoms with van der Waals surface area (Å²) in [5.74, 6) is -3.45. The largest absolute Gasteiger partial charge is 0.504 e. The Morgan fingerprint density at radius 1 is 1.32 bits per heavy atom. The van der Waals surface area contributed by atoms with Crippen LogP contribution in [-0.4, -0.2) is 112 Å². The number of hydrogen-bond donors (Lipinski definition) is 5. The van der Waals surface area contributed by atoms with Gasteiger partial charge < -0.3 is 35.9 Å². The smallest absolute Gasteiger partial charge is 0.313 e. The van der Waals surface area contributed by atoms with Crippen LogP contribution in [0.3, 0.4) is 0 Å². The zero-order chi connectivity index (χ0) is 33.9. The summed E-state index contributed by atoms with van der Waals surface area (Å²) in [6, 6.07) is 1.52. The van der Waals surface area contributed by atoms with Gasteiger partial charge in [-0.2, -0.15) is 0 Å². The van der Waals surface area contributed by atoms with Gasteiger partial charge in [0, 0.05) is 35.5 Å². The number of aryl methyl sites for hydroxylation is 1. The summed E-state index contributed by atoms with van der Waals surface area (Å²) < 4.78 is 1.41. The SMILES string of the molecule is Cn1nnnc1SCC1(C(=O)O)CS[C@@H]2C(NC(=O)C(=NOCC(=O)Nc3cc(Cl)cc(Cl)c3O)c3csc(NC=O)n3)C(=O)N2C1. The number of anilines is 2. The lowest BCUT2D eigenvalue weighted by molar-refractivity contribution is -0.157. The first-order valence-corrected chi connectivity index (χ1v) is 16.7. The van der Waals surface area contributed by atoms with Gasteiger partial charge in [-0.15, -0.1) is 28.2 Å². The van der Waals surface area contributed by atoms with Gasteiger partial charge in [0.2, 0.25) is 17.5 Å². The Balaban J connectivity index is 1.26. The third-order valence-corrected chi connectivity index (χ3v) is 10.9. The molecule has 0 bridgehead atoms. The number of thiazole rings is 1. The molecular formula is C24H22Cl2N10O8S3. The van der Waals surface area contributed by atoms with Crippen molar-refractivity contribution in [1.29, 1.82) is 0 Å². The molecule has 0 saturated carbocycles. The van der Waals surface area contributed by atoms with Gasteiger partial charge in [-0.05, 0) is 22.6 Å². The molecule has 2 aliphatic heterocycles. The predicted molar refractivity (Wildman–Crippen MR) is 171 cm³/mol. The number of phenolic OH excluding ortho intramolecular Hbond substituents is 1. The molecule has 248 valence electrons. The second-order valence-corrected chi connectivity index (χ2v) is 13.7. The molecule has 3 atom stereocenters. The summed E-state index contributed by atoms with van der Waals surface area (Å²) in [4.78, 5) is 72.9. The van der Waals surface area contributed by atoms with E-state index in [0.717, 1.165) is 23.1 Å². The molecule has 4 heterocycles. The summed E-state index contributed by atoms with van der Waals surface area (Å²) in [6.45, 7) is -0.818. The second kappa shape index (κ2) is 14.3. The summed E-state index contributed by atoms with van der Waals surface area (Å²) in [5, 5.41) is 43.8. The fourth-order valence-electron chi connectivity index (χ4n) is 4.37. The maximum atomic E-state index is 13.4. The quantitative estimate of drug-likeness (QED) is 0.0407. The number of nitrogens with one attached hydrogen (secondary N) is 3. The van der Waals surface area contributed by atoms with Crippen molar-refractivity contribution in [3.8, 4) is 5.75 Å². The molecule has 1 aromatic carbocycles. The molecule has 18 nitrogen and oxygen atoms in total. The van der Waals surface area contributed by atoms with Crippen LogP contribution >= 0.6 is 58.1 Å². The van der Waals surface area contributed by atoms with Crippen molar-refractivity contribution in [1.82, 2.24) is 35.4 Å². The van der Waals surface area contributed by atoms with E-state index in [2.05, 4.69) is 41.6 Å². The number of aromatic hydroxyl groups is 1. The Kier molecular flexibility index (Phi) is 10.4. The molecule has 0 aliphatic carbocycles. The third kappa shape index (κ3) is 7.38. The topological polar surface area (TPSA) is 243 Å². The number of amides is 4. The van der Waals surface area contributed by atoms with E-state index in [4.69, 9.17) is 28.0 Å². The van der Waals surface area contributed by atoms with E-state index in [1.54, 1.807) is 7.05 Å². The van der Waals surface area contributed by atoms with E-state index in [9.17, 15) is 34.2 Å². The summed E-state index contributed by atoms with van der Waals surface area (Å²) in [6.07, 6.45) is 0.388. The fourth-order valence-corrected chi connectivity index (χ4v) is 8.23. The van der Waals surface area contributed by atoms with E-state index in [-0.39, 0.29) is 44.6 Å². The van der Waals surface area contributed by atoms with Crippen LogP contribution in [0.25, 0.3) is 0 Å². The number of β-lactam (4-membered cyclic amide) rings is 1. The molecule has 2 aromatic heterocycles. The molecule has 2 saturated heterocycles. The molecule has 2 aliphatic rings. The molecule has 0 radical (unpaired) electrons. The molecule has 3 aromatic rings. The second-order valence-electron chi connectivity index (χ2n) is 9.92. The minimum absolute atomic E-state index is 0.0309. The van der Waals surface area contributed by atoms with Crippen molar-refractivity contribution in [3.05, 3.63) is 33.3 Å². The van der Waals surface area contributed by atoms with Gasteiger partial charge in [-0.25, -0.2) is 9.67 Å².